The van der Waals surface area contributed by atoms with Crippen LogP contribution in [-0.4, -0.2) is 18.6 Å². The molecule has 0 aliphatic carbocycles. The van der Waals surface area contributed by atoms with Crippen LogP contribution in [0.15, 0.2) is 42.6 Å². The Hall–Kier alpha value is -2.07. The van der Waals surface area contributed by atoms with Gasteiger partial charge in [0.15, 0.2) is 0 Å². The van der Waals surface area contributed by atoms with E-state index in [1.165, 1.54) is 0 Å². The number of nitrogens with zero attached hydrogens (tertiary/aromatic N) is 1. The molecule has 1 atom stereocenters. The fourth-order valence-electron chi connectivity index (χ4n) is 1.99. The fourth-order valence-corrected chi connectivity index (χ4v) is 1.99. The number of hydrogen-bond acceptors (Lipinski definition) is 4. The van der Waals surface area contributed by atoms with Crippen LogP contribution in [0.1, 0.15) is 25.5 Å². The van der Waals surface area contributed by atoms with E-state index >= 15 is 0 Å². The summed E-state index contributed by atoms with van der Waals surface area (Å²) in [4.78, 5) is 4.33. The van der Waals surface area contributed by atoms with Crippen molar-refractivity contribution in [2.75, 3.05) is 13.7 Å². The van der Waals surface area contributed by atoms with E-state index in [2.05, 4.69) is 24.1 Å². The third-order valence-electron chi connectivity index (χ3n) is 3.05. The number of nitrogens with one attached hydrogen (secondary N) is 1. The van der Waals surface area contributed by atoms with E-state index in [0.717, 1.165) is 23.6 Å². The van der Waals surface area contributed by atoms with Crippen molar-refractivity contribution in [2.24, 2.45) is 0 Å². The van der Waals surface area contributed by atoms with Gasteiger partial charge in [-0.3, -0.25) is 0 Å². The van der Waals surface area contributed by atoms with Crippen LogP contribution < -0.4 is 14.8 Å². The molecule has 0 spiro atoms. The van der Waals surface area contributed by atoms with Gasteiger partial charge in [0.1, 0.15) is 11.5 Å². The molecule has 4 heteroatoms. The Morgan fingerprint density at radius 1 is 1.15 bits per heavy atom. The Bertz CT molecular complexity index is 540. The van der Waals surface area contributed by atoms with Gasteiger partial charge in [0.25, 0.3) is 0 Å². The van der Waals surface area contributed by atoms with E-state index in [-0.39, 0.29) is 6.04 Å². The summed E-state index contributed by atoms with van der Waals surface area (Å²) < 4.78 is 11.0. The highest BCUT2D eigenvalue weighted by Gasteiger charge is 2.12. The first-order chi connectivity index (χ1) is 9.74. The van der Waals surface area contributed by atoms with Crippen molar-refractivity contribution >= 4 is 0 Å². The van der Waals surface area contributed by atoms with Gasteiger partial charge in [-0.25, -0.2) is 4.98 Å². The molecule has 1 aromatic carbocycles. The molecule has 1 heterocycles. The number of aromatic nitrogens is 1. The van der Waals surface area contributed by atoms with Crippen LogP contribution in [0.4, 0.5) is 0 Å². The Balaban J connectivity index is 2.19. The molecule has 0 fully saturated rings. The third kappa shape index (κ3) is 3.48. The topological polar surface area (TPSA) is 43.4 Å². The predicted octanol–water partition coefficient (Wildman–Crippen LogP) is 3.55. The van der Waals surface area contributed by atoms with Crippen LogP contribution in [0.3, 0.4) is 0 Å². The van der Waals surface area contributed by atoms with Crippen molar-refractivity contribution < 1.29 is 9.47 Å². The number of ether oxygens (including phenoxy) is 2. The molecule has 0 radical (unpaired) electrons. The quantitative estimate of drug-likeness (QED) is 0.873. The van der Waals surface area contributed by atoms with Gasteiger partial charge in [-0.05, 0) is 43.8 Å². The molecule has 4 nitrogen and oxygen atoms in total. The van der Waals surface area contributed by atoms with Crippen molar-refractivity contribution in [3.8, 4) is 17.4 Å². The monoisotopic (exact) mass is 272 g/mol. The first kappa shape index (κ1) is 14.3. The van der Waals surface area contributed by atoms with E-state index < -0.39 is 0 Å². The summed E-state index contributed by atoms with van der Waals surface area (Å²) in [5, 5.41) is 3.37. The van der Waals surface area contributed by atoms with Gasteiger partial charge in [-0.15, -0.1) is 0 Å². The number of hydrogen-bond donors (Lipinski definition) is 1. The smallest absolute Gasteiger partial charge is 0.223 e. The Labute approximate surface area is 119 Å². The van der Waals surface area contributed by atoms with Crippen molar-refractivity contribution in [3.63, 3.8) is 0 Å². The number of pyridine rings is 1. The van der Waals surface area contributed by atoms with E-state index in [0.29, 0.717) is 5.88 Å². The van der Waals surface area contributed by atoms with Gasteiger partial charge in [-0.2, -0.15) is 0 Å². The minimum Gasteiger partial charge on any atom is -0.497 e. The SMILES string of the molecule is CCNC(C)c1cccnc1Oc1ccc(OC)cc1. The summed E-state index contributed by atoms with van der Waals surface area (Å²) in [6, 6.07) is 11.6. The van der Waals surface area contributed by atoms with E-state index in [1.54, 1.807) is 13.3 Å². The summed E-state index contributed by atoms with van der Waals surface area (Å²) >= 11 is 0. The van der Waals surface area contributed by atoms with E-state index in [4.69, 9.17) is 9.47 Å². The summed E-state index contributed by atoms with van der Waals surface area (Å²) in [5.41, 5.74) is 1.05. The summed E-state index contributed by atoms with van der Waals surface area (Å²) in [6.45, 7) is 5.08. The van der Waals surface area contributed by atoms with Crippen LogP contribution in [0, 0.1) is 0 Å². The molecule has 0 bridgehead atoms. The number of methoxy groups -OCH3 is 1. The largest absolute Gasteiger partial charge is 0.497 e. The molecule has 1 unspecified atom stereocenters. The highest BCUT2D eigenvalue weighted by Crippen LogP contribution is 2.28. The average molecular weight is 272 g/mol. The maximum absolute atomic E-state index is 5.87. The first-order valence-electron chi connectivity index (χ1n) is 6.74. The highest BCUT2D eigenvalue weighted by atomic mass is 16.5. The van der Waals surface area contributed by atoms with Crippen molar-refractivity contribution in [1.29, 1.82) is 0 Å². The molecule has 0 amide bonds. The van der Waals surface area contributed by atoms with E-state index in [1.807, 2.05) is 36.4 Å². The third-order valence-corrected chi connectivity index (χ3v) is 3.05. The summed E-state index contributed by atoms with van der Waals surface area (Å²) in [5.74, 6) is 2.18. The van der Waals surface area contributed by atoms with Crippen LogP contribution in [-0.2, 0) is 0 Å². The van der Waals surface area contributed by atoms with Gasteiger partial charge in [-0.1, -0.05) is 13.0 Å². The number of benzene rings is 1. The zero-order valence-corrected chi connectivity index (χ0v) is 12.1. The molecule has 2 aromatic rings. The lowest BCUT2D eigenvalue weighted by Crippen LogP contribution is -2.18. The lowest BCUT2D eigenvalue weighted by Gasteiger charge is -2.16. The fraction of sp³-hybridized carbons (Fsp3) is 0.312. The van der Waals surface area contributed by atoms with Gasteiger partial charge >= 0.3 is 0 Å². The molecule has 0 aliphatic rings. The number of rotatable bonds is 6. The van der Waals surface area contributed by atoms with Crippen molar-refractivity contribution in [3.05, 3.63) is 48.2 Å². The standard InChI is InChI=1S/C16H20N2O2/c1-4-17-12(2)15-6-5-11-18-16(15)20-14-9-7-13(19-3)8-10-14/h5-12,17H,4H2,1-3H3. The molecule has 1 N–H and O–H groups in total. The Morgan fingerprint density at radius 3 is 2.50 bits per heavy atom. The van der Waals surface area contributed by atoms with Gasteiger partial charge in [0.05, 0.1) is 7.11 Å². The lowest BCUT2D eigenvalue weighted by atomic mass is 10.1. The maximum Gasteiger partial charge on any atom is 0.223 e. The second-order valence-corrected chi connectivity index (χ2v) is 4.45. The van der Waals surface area contributed by atoms with Gasteiger partial charge in [0.2, 0.25) is 5.88 Å². The summed E-state index contributed by atoms with van der Waals surface area (Å²) in [6.07, 6.45) is 1.74. The molecule has 0 saturated carbocycles. The molecule has 1 aromatic heterocycles. The molecular formula is C16H20N2O2. The molecule has 2 rings (SSSR count). The van der Waals surface area contributed by atoms with Crippen LogP contribution in [0.5, 0.6) is 17.4 Å². The maximum atomic E-state index is 5.87. The van der Waals surface area contributed by atoms with Gasteiger partial charge < -0.3 is 14.8 Å². The van der Waals surface area contributed by atoms with E-state index in [9.17, 15) is 0 Å². The molecule has 0 saturated heterocycles. The minimum absolute atomic E-state index is 0.196. The lowest BCUT2D eigenvalue weighted by molar-refractivity contribution is 0.411. The predicted molar refractivity (Wildman–Crippen MR) is 79.4 cm³/mol. The average Bonchev–Trinajstić information content (AvgIpc) is 2.49. The first-order valence-corrected chi connectivity index (χ1v) is 6.74. The normalized spacial score (nSPS) is 11.9. The van der Waals surface area contributed by atoms with Crippen LogP contribution >= 0.6 is 0 Å². The van der Waals surface area contributed by atoms with Crippen LogP contribution in [0.25, 0.3) is 0 Å². The highest BCUT2D eigenvalue weighted by molar-refractivity contribution is 5.36. The molecule has 20 heavy (non-hydrogen) atoms. The van der Waals surface area contributed by atoms with Crippen molar-refractivity contribution in [1.82, 2.24) is 10.3 Å². The molecular weight excluding hydrogens is 252 g/mol. The van der Waals surface area contributed by atoms with Gasteiger partial charge in [0, 0.05) is 17.8 Å². The zero-order valence-electron chi connectivity index (χ0n) is 12.1. The second-order valence-electron chi connectivity index (χ2n) is 4.45. The second kappa shape index (κ2) is 6.91. The minimum atomic E-state index is 0.196. The molecule has 106 valence electrons. The summed E-state index contributed by atoms with van der Waals surface area (Å²) in [7, 11) is 1.64. The Morgan fingerprint density at radius 2 is 1.85 bits per heavy atom. The van der Waals surface area contributed by atoms with Crippen molar-refractivity contribution in [2.45, 2.75) is 19.9 Å². The Kier molecular flexibility index (Phi) is 4.96. The zero-order chi connectivity index (χ0) is 14.4. The van der Waals surface area contributed by atoms with Crippen LogP contribution in [0.2, 0.25) is 0 Å². The molecule has 0 aliphatic heterocycles.